The number of rotatable bonds is 15. The van der Waals surface area contributed by atoms with Gasteiger partial charge in [0.1, 0.15) is 5.41 Å². The Kier molecular flexibility index (Phi) is 10.7. The van der Waals surface area contributed by atoms with E-state index in [2.05, 4.69) is 6.92 Å². The van der Waals surface area contributed by atoms with Crippen molar-refractivity contribution in [2.75, 3.05) is 0 Å². The highest BCUT2D eigenvalue weighted by Gasteiger charge is 2.41. The highest BCUT2D eigenvalue weighted by Crippen LogP contribution is 2.34. The fourth-order valence-electron chi connectivity index (χ4n) is 3.57. The van der Waals surface area contributed by atoms with Crippen molar-refractivity contribution in [1.29, 1.82) is 0 Å². The molecular weight excluding hydrogens is 328 g/mol. The second-order valence-corrected chi connectivity index (χ2v) is 7.26. The molecule has 0 amide bonds. The molecule has 26 heavy (non-hydrogen) atoms. The maximum absolute atomic E-state index is 12.0. The van der Waals surface area contributed by atoms with E-state index >= 15 is 0 Å². The summed E-state index contributed by atoms with van der Waals surface area (Å²) in [5.41, 5.74) is -0.737. The van der Waals surface area contributed by atoms with Gasteiger partial charge in [-0.2, -0.15) is 0 Å². The number of unbranched alkanes of at least 4 members (excludes halogenated alkanes) is 9. The van der Waals surface area contributed by atoms with E-state index < -0.39 is 17.4 Å². The van der Waals surface area contributed by atoms with Crippen molar-refractivity contribution >= 4 is 11.9 Å². The molecule has 0 saturated heterocycles. The molecule has 146 valence electrons. The highest BCUT2D eigenvalue weighted by atomic mass is 16.4. The van der Waals surface area contributed by atoms with Gasteiger partial charge < -0.3 is 10.2 Å². The molecule has 0 saturated carbocycles. The topological polar surface area (TPSA) is 74.6 Å². The van der Waals surface area contributed by atoms with Crippen LogP contribution in [0, 0.1) is 0 Å². The monoisotopic (exact) mass is 362 g/mol. The molecule has 0 aliphatic rings. The summed E-state index contributed by atoms with van der Waals surface area (Å²) >= 11 is 0. The van der Waals surface area contributed by atoms with Crippen molar-refractivity contribution in [3.8, 4) is 0 Å². The number of aliphatic carboxylic acids is 2. The summed E-state index contributed by atoms with van der Waals surface area (Å²) in [5.74, 6) is -2.11. The molecule has 0 aliphatic carbocycles. The lowest BCUT2D eigenvalue weighted by atomic mass is 9.73. The number of hydrogen-bond donors (Lipinski definition) is 2. The first-order valence-corrected chi connectivity index (χ1v) is 10.0. The molecule has 0 radical (unpaired) electrons. The van der Waals surface area contributed by atoms with Gasteiger partial charge in [-0.3, -0.25) is 9.59 Å². The van der Waals surface area contributed by atoms with E-state index in [1.54, 1.807) is 24.3 Å². The van der Waals surface area contributed by atoms with Crippen LogP contribution in [0.1, 0.15) is 89.5 Å². The summed E-state index contributed by atoms with van der Waals surface area (Å²) in [6, 6.07) is 8.82. The predicted octanol–water partition coefficient (Wildman–Crippen LogP) is 5.79. The number of carbonyl (C=O) groups is 2. The normalized spacial score (nSPS) is 13.3. The van der Waals surface area contributed by atoms with Crippen molar-refractivity contribution in [1.82, 2.24) is 0 Å². The predicted molar refractivity (Wildman–Crippen MR) is 104 cm³/mol. The fourth-order valence-corrected chi connectivity index (χ4v) is 3.57. The molecule has 0 aromatic heterocycles. The third-order valence-electron chi connectivity index (χ3n) is 5.15. The van der Waals surface area contributed by atoms with Crippen LogP contribution in [0.4, 0.5) is 0 Å². The second kappa shape index (κ2) is 12.5. The Morgan fingerprint density at radius 2 is 1.31 bits per heavy atom. The first kappa shape index (κ1) is 22.2. The molecule has 4 nitrogen and oxygen atoms in total. The molecule has 0 aliphatic heterocycles. The third kappa shape index (κ3) is 7.59. The maximum atomic E-state index is 12.0. The Morgan fingerprint density at radius 1 is 0.808 bits per heavy atom. The Morgan fingerprint density at radius 3 is 1.77 bits per heavy atom. The van der Waals surface area contributed by atoms with Gasteiger partial charge >= 0.3 is 11.9 Å². The first-order valence-electron chi connectivity index (χ1n) is 10.0. The number of benzene rings is 1. The van der Waals surface area contributed by atoms with Gasteiger partial charge in [0.2, 0.25) is 0 Å². The van der Waals surface area contributed by atoms with E-state index in [-0.39, 0.29) is 6.42 Å². The van der Waals surface area contributed by atoms with Crippen molar-refractivity contribution < 1.29 is 19.8 Å². The van der Waals surface area contributed by atoms with Crippen LogP contribution in [0.15, 0.2) is 30.3 Å². The molecule has 4 heteroatoms. The summed E-state index contributed by atoms with van der Waals surface area (Å²) in [6.07, 6.45) is 11.7. The number of carboxylic acids is 2. The van der Waals surface area contributed by atoms with Crippen LogP contribution in [-0.4, -0.2) is 22.2 Å². The SMILES string of the molecule is CCCCCCCCCCCCC(CC(=O)O)(C(=O)O)c1ccccc1. The molecular formula is C22H34O4. The van der Waals surface area contributed by atoms with Crippen LogP contribution >= 0.6 is 0 Å². The average molecular weight is 363 g/mol. The molecule has 1 unspecified atom stereocenters. The lowest BCUT2D eigenvalue weighted by Gasteiger charge is -2.28. The minimum Gasteiger partial charge on any atom is -0.481 e. The van der Waals surface area contributed by atoms with Gasteiger partial charge in [0.05, 0.1) is 6.42 Å². The van der Waals surface area contributed by atoms with E-state index in [9.17, 15) is 19.8 Å². The lowest BCUT2D eigenvalue weighted by Crippen LogP contribution is -2.38. The zero-order valence-corrected chi connectivity index (χ0v) is 16.1. The first-order chi connectivity index (χ1) is 12.5. The molecule has 1 aromatic rings. The smallest absolute Gasteiger partial charge is 0.314 e. The van der Waals surface area contributed by atoms with Crippen molar-refractivity contribution in [2.24, 2.45) is 0 Å². The molecule has 0 spiro atoms. The van der Waals surface area contributed by atoms with Crippen LogP contribution in [0.3, 0.4) is 0 Å². The van der Waals surface area contributed by atoms with Crippen LogP contribution in [0.2, 0.25) is 0 Å². The molecule has 0 heterocycles. The summed E-state index contributed by atoms with van der Waals surface area (Å²) in [4.78, 5) is 23.3. The zero-order chi connectivity index (χ0) is 19.3. The lowest BCUT2D eigenvalue weighted by molar-refractivity contribution is -0.151. The van der Waals surface area contributed by atoms with Crippen LogP contribution < -0.4 is 0 Å². The molecule has 2 N–H and O–H groups in total. The number of hydrogen-bond acceptors (Lipinski definition) is 2. The van der Waals surface area contributed by atoms with Crippen LogP contribution in [0.5, 0.6) is 0 Å². The standard InChI is InChI=1S/C22H34O4/c1-2-3-4-5-6-7-8-9-10-14-17-22(21(25)26,18-20(23)24)19-15-12-11-13-16-19/h11-13,15-16H,2-10,14,17-18H2,1H3,(H,23,24)(H,25,26). The quantitative estimate of drug-likeness (QED) is 0.387. The molecule has 1 atom stereocenters. The van der Waals surface area contributed by atoms with Crippen molar-refractivity contribution in [2.45, 2.75) is 89.4 Å². The van der Waals surface area contributed by atoms with Crippen LogP contribution in [0.25, 0.3) is 0 Å². The third-order valence-corrected chi connectivity index (χ3v) is 5.15. The van der Waals surface area contributed by atoms with Gasteiger partial charge in [-0.05, 0) is 12.0 Å². The molecule has 0 fully saturated rings. The second-order valence-electron chi connectivity index (χ2n) is 7.26. The Labute approximate surface area is 157 Å². The fraction of sp³-hybridized carbons (Fsp3) is 0.636. The van der Waals surface area contributed by atoms with Crippen molar-refractivity contribution in [3.05, 3.63) is 35.9 Å². The largest absolute Gasteiger partial charge is 0.481 e. The van der Waals surface area contributed by atoms with E-state index in [0.717, 1.165) is 19.3 Å². The Hall–Kier alpha value is -1.84. The summed E-state index contributed by atoms with van der Waals surface area (Å²) in [6.45, 7) is 2.22. The molecule has 0 bridgehead atoms. The summed E-state index contributed by atoms with van der Waals surface area (Å²) < 4.78 is 0. The van der Waals surface area contributed by atoms with Gasteiger partial charge in [0.25, 0.3) is 0 Å². The Bertz CT molecular complexity index is 526. The molecule has 1 aromatic carbocycles. The van der Waals surface area contributed by atoms with E-state index in [1.807, 2.05) is 6.07 Å². The van der Waals surface area contributed by atoms with E-state index in [4.69, 9.17) is 0 Å². The van der Waals surface area contributed by atoms with Gasteiger partial charge in [-0.1, -0.05) is 101 Å². The zero-order valence-electron chi connectivity index (χ0n) is 16.1. The van der Waals surface area contributed by atoms with Gasteiger partial charge in [-0.15, -0.1) is 0 Å². The minimum absolute atomic E-state index is 0.370. The summed E-state index contributed by atoms with van der Waals surface area (Å²) in [5, 5.41) is 19.1. The summed E-state index contributed by atoms with van der Waals surface area (Å²) in [7, 11) is 0. The van der Waals surface area contributed by atoms with Gasteiger partial charge in [0, 0.05) is 0 Å². The van der Waals surface area contributed by atoms with Gasteiger partial charge in [0.15, 0.2) is 0 Å². The number of carboxylic acid groups (broad SMARTS) is 2. The van der Waals surface area contributed by atoms with Gasteiger partial charge in [-0.25, -0.2) is 0 Å². The van der Waals surface area contributed by atoms with Crippen molar-refractivity contribution in [3.63, 3.8) is 0 Å². The van der Waals surface area contributed by atoms with E-state index in [0.29, 0.717) is 12.0 Å². The highest BCUT2D eigenvalue weighted by molar-refractivity contribution is 5.87. The molecule has 1 rings (SSSR count). The maximum Gasteiger partial charge on any atom is 0.314 e. The Balaban J connectivity index is 2.47. The van der Waals surface area contributed by atoms with E-state index in [1.165, 1.54) is 44.9 Å². The van der Waals surface area contributed by atoms with Crippen LogP contribution in [-0.2, 0) is 15.0 Å². The average Bonchev–Trinajstić information content (AvgIpc) is 2.62. The minimum atomic E-state index is -1.33.